The molecule has 1 fully saturated rings. The van der Waals surface area contributed by atoms with Crippen molar-refractivity contribution in [1.29, 1.82) is 0 Å². The maximum absolute atomic E-state index is 12.6. The number of sulfonamides is 1. The van der Waals surface area contributed by atoms with Crippen LogP contribution in [0, 0.1) is 6.92 Å². The quantitative estimate of drug-likeness (QED) is 0.853. The zero-order chi connectivity index (χ0) is 13.3. The van der Waals surface area contributed by atoms with E-state index in [0.29, 0.717) is 31.2 Å². The first kappa shape index (κ1) is 13.5. The Balaban J connectivity index is 2.40. The first-order valence-corrected chi connectivity index (χ1v) is 7.68. The lowest BCUT2D eigenvalue weighted by molar-refractivity contribution is 0.281. The number of aryl methyl sites for hydroxylation is 2. The summed E-state index contributed by atoms with van der Waals surface area (Å²) in [6.07, 6.45) is 0. The van der Waals surface area contributed by atoms with E-state index in [-0.39, 0.29) is 6.04 Å². The summed E-state index contributed by atoms with van der Waals surface area (Å²) in [5.41, 5.74) is 0.734. The van der Waals surface area contributed by atoms with E-state index in [1.165, 1.54) is 0 Å². The summed E-state index contributed by atoms with van der Waals surface area (Å²) in [4.78, 5) is 0. The molecule has 1 atom stereocenters. The summed E-state index contributed by atoms with van der Waals surface area (Å²) in [5, 5.41) is 7.71. The molecular weight excluding hydrogens is 252 g/mol. The van der Waals surface area contributed by atoms with E-state index in [4.69, 9.17) is 0 Å². The first-order valence-electron chi connectivity index (χ1n) is 6.24. The molecule has 0 saturated carbocycles. The third-order valence-corrected chi connectivity index (χ3v) is 5.20. The van der Waals surface area contributed by atoms with Crippen LogP contribution in [0.15, 0.2) is 11.1 Å². The van der Waals surface area contributed by atoms with Crippen LogP contribution in [-0.2, 0) is 16.6 Å². The molecule has 1 aromatic heterocycles. The second-order valence-electron chi connectivity index (χ2n) is 4.61. The van der Waals surface area contributed by atoms with Crippen molar-refractivity contribution >= 4 is 10.0 Å². The molecule has 1 aromatic rings. The summed E-state index contributed by atoms with van der Waals surface area (Å²) in [5.74, 6) is 0. The van der Waals surface area contributed by atoms with Gasteiger partial charge in [0.1, 0.15) is 0 Å². The normalized spacial score (nSPS) is 22.3. The Bertz CT molecular complexity index is 523. The summed E-state index contributed by atoms with van der Waals surface area (Å²) in [7, 11) is -3.44. The molecule has 1 aliphatic heterocycles. The van der Waals surface area contributed by atoms with Gasteiger partial charge in [0.05, 0.1) is 5.69 Å². The fourth-order valence-corrected chi connectivity index (χ4v) is 4.13. The third-order valence-electron chi connectivity index (χ3n) is 3.18. The Labute approximate surface area is 108 Å². The Hall–Kier alpha value is -0.920. The van der Waals surface area contributed by atoms with Crippen LogP contribution in [0.5, 0.6) is 0 Å². The Morgan fingerprint density at radius 1 is 1.56 bits per heavy atom. The topological polar surface area (TPSA) is 67.2 Å². The maximum Gasteiger partial charge on any atom is 0.260 e. The molecular formula is C11H20N4O2S. The smallest absolute Gasteiger partial charge is 0.260 e. The van der Waals surface area contributed by atoms with E-state index in [9.17, 15) is 8.42 Å². The predicted molar refractivity (Wildman–Crippen MR) is 68.9 cm³/mol. The molecule has 1 N–H and O–H groups in total. The van der Waals surface area contributed by atoms with Gasteiger partial charge in [-0.2, -0.15) is 9.40 Å². The molecule has 1 saturated heterocycles. The molecule has 18 heavy (non-hydrogen) atoms. The van der Waals surface area contributed by atoms with E-state index < -0.39 is 10.0 Å². The fraction of sp³-hybridized carbons (Fsp3) is 0.727. The zero-order valence-electron chi connectivity index (χ0n) is 11.0. The highest BCUT2D eigenvalue weighted by Gasteiger charge is 2.33. The Morgan fingerprint density at radius 3 is 2.89 bits per heavy atom. The van der Waals surface area contributed by atoms with Crippen LogP contribution in [0.3, 0.4) is 0 Å². The monoisotopic (exact) mass is 272 g/mol. The van der Waals surface area contributed by atoms with Gasteiger partial charge in [-0.15, -0.1) is 0 Å². The van der Waals surface area contributed by atoms with Crippen LogP contribution in [-0.4, -0.2) is 48.2 Å². The minimum Gasteiger partial charge on any atom is -0.314 e. The number of aromatic nitrogens is 2. The molecule has 0 unspecified atom stereocenters. The highest BCUT2D eigenvalue weighted by atomic mass is 32.2. The highest BCUT2D eigenvalue weighted by Crippen LogP contribution is 2.20. The third kappa shape index (κ3) is 2.30. The SMILES string of the molecule is CCn1nc(C)cc1S(=O)(=O)N1CCNC[C@@H]1C. The van der Waals surface area contributed by atoms with E-state index in [0.717, 1.165) is 5.69 Å². The van der Waals surface area contributed by atoms with E-state index in [1.807, 2.05) is 20.8 Å². The van der Waals surface area contributed by atoms with Gasteiger partial charge >= 0.3 is 0 Å². The van der Waals surface area contributed by atoms with Gasteiger partial charge in [0.2, 0.25) is 0 Å². The van der Waals surface area contributed by atoms with Crippen molar-refractivity contribution in [3.8, 4) is 0 Å². The van der Waals surface area contributed by atoms with Crippen LogP contribution < -0.4 is 5.32 Å². The molecule has 1 aliphatic rings. The van der Waals surface area contributed by atoms with Gasteiger partial charge in [-0.05, 0) is 26.8 Å². The lowest BCUT2D eigenvalue weighted by Gasteiger charge is -2.32. The van der Waals surface area contributed by atoms with Crippen molar-refractivity contribution in [2.24, 2.45) is 0 Å². The standard InChI is InChI=1S/C11H20N4O2S/c1-4-14-11(7-9(2)13-14)18(16,17)15-6-5-12-8-10(15)3/h7,10,12H,4-6,8H2,1-3H3/t10-/m0/s1. The van der Waals surface area contributed by atoms with Crippen molar-refractivity contribution in [3.63, 3.8) is 0 Å². The van der Waals surface area contributed by atoms with Gasteiger partial charge in [-0.25, -0.2) is 8.42 Å². The van der Waals surface area contributed by atoms with Crippen molar-refractivity contribution in [1.82, 2.24) is 19.4 Å². The molecule has 0 amide bonds. The van der Waals surface area contributed by atoms with Crippen LogP contribution in [0.4, 0.5) is 0 Å². The highest BCUT2D eigenvalue weighted by molar-refractivity contribution is 7.89. The van der Waals surface area contributed by atoms with Crippen molar-refractivity contribution in [2.45, 2.75) is 38.4 Å². The zero-order valence-corrected chi connectivity index (χ0v) is 11.9. The van der Waals surface area contributed by atoms with Crippen molar-refractivity contribution < 1.29 is 8.42 Å². The number of hydrogen-bond donors (Lipinski definition) is 1. The molecule has 0 spiro atoms. The predicted octanol–water partition coefficient (Wildman–Crippen LogP) is 0.194. The summed E-state index contributed by atoms with van der Waals surface area (Å²) in [6.45, 7) is 8.09. The molecule has 0 aliphatic carbocycles. The maximum atomic E-state index is 12.6. The molecule has 0 radical (unpaired) electrons. The Morgan fingerprint density at radius 2 is 2.28 bits per heavy atom. The van der Waals surface area contributed by atoms with E-state index >= 15 is 0 Å². The average Bonchev–Trinajstić information content (AvgIpc) is 2.71. The number of nitrogens with one attached hydrogen (secondary N) is 1. The van der Waals surface area contributed by atoms with Crippen LogP contribution in [0.25, 0.3) is 0 Å². The molecule has 6 nitrogen and oxygen atoms in total. The van der Waals surface area contributed by atoms with Crippen LogP contribution in [0.2, 0.25) is 0 Å². The molecule has 102 valence electrons. The summed E-state index contributed by atoms with van der Waals surface area (Å²) < 4.78 is 28.4. The fourth-order valence-electron chi connectivity index (χ4n) is 2.26. The molecule has 7 heteroatoms. The van der Waals surface area contributed by atoms with Gasteiger partial charge in [-0.3, -0.25) is 4.68 Å². The Kier molecular flexibility index (Phi) is 3.74. The molecule has 2 rings (SSSR count). The van der Waals surface area contributed by atoms with E-state index in [2.05, 4.69) is 10.4 Å². The number of hydrogen-bond acceptors (Lipinski definition) is 4. The largest absolute Gasteiger partial charge is 0.314 e. The minimum absolute atomic E-state index is 0.0238. The number of rotatable bonds is 3. The van der Waals surface area contributed by atoms with Gasteiger partial charge in [0.15, 0.2) is 5.03 Å². The van der Waals surface area contributed by atoms with Gasteiger partial charge in [0, 0.05) is 32.2 Å². The lowest BCUT2D eigenvalue weighted by Crippen LogP contribution is -2.52. The van der Waals surface area contributed by atoms with Crippen LogP contribution >= 0.6 is 0 Å². The van der Waals surface area contributed by atoms with E-state index in [1.54, 1.807) is 15.1 Å². The number of piperazine rings is 1. The molecule has 0 bridgehead atoms. The van der Waals surface area contributed by atoms with Gasteiger partial charge < -0.3 is 5.32 Å². The second kappa shape index (κ2) is 4.99. The van der Waals surface area contributed by atoms with Gasteiger partial charge in [0.25, 0.3) is 10.0 Å². The lowest BCUT2D eigenvalue weighted by atomic mass is 10.3. The second-order valence-corrected chi connectivity index (χ2v) is 6.45. The average molecular weight is 272 g/mol. The first-order chi connectivity index (χ1) is 8.46. The van der Waals surface area contributed by atoms with Crippen LogP contribution in [0.1, 0.15) is 19.5 Å². The minimum atomic E-state index is -3.44. The molecule has 2 heterocycles. The van der Waals surface area contributed by atoms with Crippen molar-refractivity contribution in [3.05, 3.63) is 11.8 Å². The molecule has 0 aromatic carbocycles. The summed E-state index contributed by atoms with van der Waals surface area (Å²) >= 11 is 0. The van der Waals surface area contributed by atoms with Crippen molar-refractivity contribution in [2.75, 3.05) is 19.6 Å². The summed E-state index contributed by atoms with van der Waals surface area (Å²) in [6, 6.07) is 1.62. The number of nitrogens with zero attached hydrogens (tertiary/aromatic N) is 3. The van der Waals surface area contributed by atoms with Gasteiger partial charge in [-0.1, -0.05) is 0 Å².